The van der Waals surface area contributed by atoms with Crippen LogP contribution in [0.4, 0.5) is 5.82 Å². The van der Waals surface area contributed by atoms with Gasteiger partial charge in [0.15, 0.2) is 9.84 Å². The number of anilines is 1. The van der Waals surface area contributed by atoms with Gasteiger partial charge in [0.25, 0.3) is 5.91 Å². The number of sulfone groups is 1. The molecule has 2 aliphatic heterocycles. The fourth-order valence-corrected chi connectivity index (χ4v) is 7.33. The van der Waals surface area contributed by atoms with E-state index in [2.05, 4.69) is 10.4 Å². The molecular weight excluding hydrogens is 492 g/mol. The number of carbonyl (C=O) groups is 1. The zero-order chi connectivity index (χ0) is 24.8. The Balaban J connectivity index is 1.45. The van der Waals surface area contributed by atoms with Gasteiger partial charge in [-0.15, -0.1) is 0 Å². The molecule has 0 radical (unpaired) electrons. The lowest BCUT2D eigenvalue weighted by Gasteiger charge is -2.15. The van der Waals surface area contributed by atoms with Crippen LogP contribution in [-0.2, 0) is 31.4 Å². The van der Waals surface area contributed by atoms with Crippen LogP contribution < -0.4 is 10.1 Å². The maximum Gasteiger partial charge on any atom is 0.256 e. The van der Waals surface area contributed by atoms with Crippen LogP contribution in [0, 0.1) is 0 Å². The fraction of sp³-hybridized carbons (Fsp3) is 0.304. The molecule has 35 heavy (non-hydrogen) atoms. The van der Waals surface area contributed by atoms with Crippen molar-refractivity contribution in [1.29, 1.82) is 0 Å². The molecule has 0 unspecified atom stereocenters. The summed E-state index contributed by atoms with van der Waals surface area (Å²) in [5, 5.41) is 7.24. The number of methoxy groups -OCH3 is 1. The lowest BCUT2D eigenvalue weighted by Crippen LogP contribution is -2.27. The van der Waals surface area contributed by atoms with E-state index in [-0.39, 0.29) is 27.8 Å². The van der Waals surface area contributed by atoms with Crippen LogP contribution in [0.3, 0.4) is 0 Å². The standard InChI is InChI=1S/C23H24N4O6S2/c1-33-18-8-6-17(7-9-18)27-22(20-14-34(29,30)15-21(20)25-27)24-23(28)16-4-10-19(11-5-16)35(31,32)26-12-2-3-13-26/h4-11H,2-3,12-15H2,1H3,(H,24,28). The van der Waals surface area contributed by atoms with Crippen LogP contribution in [0.15, 0.2) is 53.4 Å². The summed E-state index contributed by atoms with van der Waals surface area (Å²) in [7, 11) is -5.38. The summed E-state index contributed by atoms with van der Waals surface area (Å²) in [6.07, 6.45) is 1.67. The molecule has 12 heteroatoms. The van der Waals surface area contributed by atoms with Crippen LogP contribution in [-0.4, -0.2) is 57.0 Å². The monoisotopic (exact) mass is 516 g/mol. The van der Waals surface area contributed by atoms with Crippen LogP contribution in [0.2, 0.25) is 0 Å². The molecule has 2 aliphatic rings. The first-order valence-corrected chi connectivity index (χ1v) is 14.3. The van der Waals surface area contributed by atoms with E-state index in [0.29, 0.717) is 35.8 Å². The first-order chi connectivity index (χ1) is 16.7. The number of hydrogen-bond donors (Lipinski definition) is 1. The Labute approximate surface area is 203 Å². The number of nitrogens with zero attached hydrogens (tertiary/aromatic N) is 3. The molecule has 1 fully saturated rings. The number of fused-ring (bicyclic) bond motifs is 1. The minimum Gasteiger partial charge on any atom is -0.497 e. The molecule has 0 bridgehead atoms. The number of amides is 1. The maximum atomic E-state index is 13.1. The molecule has 5 rings (SSSR count). The fourth-order valence-electron chi connectivity index (χ4n) is 4.32. The van der Waals surface area contributed by atoms with Crippen LogP contribution >= 0.6 is 0 Å². The summed E-state index contributed by atoms with van der Waals surface area (Å²) in [5.41, 5.74) is 1.70. The van der Waals surface area contributed by atoms with Gasteiger partial charge in [0, 0.05) is 24.2 Å². The smallest absolute Gasteiger partial charge is 0.256 e. The Morgan fingerprint density at radius 1 is 1.00 bits per heavy atom. The predicted octanol–water partition coefficient (Wildman–Crippen LogP) is 2.35. The number of carbonyl (C=O) groups excluding carboxylic acids is 1. The van der Waals surface area contributed by atoms with Crippen molar-refractivity contribution in [2.75, 3.05) is 25.5 Å². The highest BCUT2D eigenvalue weighted by Crippen LogP contribution is 2.33. The molecule has 1 aromatic heterocycles. The van der Waals surface area contributed by atoms with Gasteiger partial charge in [-0.25, -0.2) is 21.5 Å². The van der Waals surface area contributed by atoms with Gasteiger partial charge in [-0.2, -0.15) is 9.40 Å². The van der Waals surface area contributed by atoms with Crippen molar-refractivity contribution in [3.8, 4) is 11.4 Å². The number of benzene rings is 2. The first-order valence-electron chi connectivity index (χ1n) is 11.1. The third kappa shape index (κ3) is 4.44. The third-order valence-corrected chi connectivity index (χ3v) is 9.51. The molecule has 0 aliphatic carbocycles. The number of hydrogen-bond acceptors (Lipinski definition) is 7. The van der Waals surface area contributed by atoms with Gasteiger partial charge in [0.1, 0.15) is 11.6 Å². The molecule has 3 aromatic rings. The van der Waals surface area contributed by atoms with Gasteiger partial charge < -0.3 is 10.1 Å². The van der Waals surface area contributed by atoms with E-state index in [9.17, 15) is 21.6 Å². The van der Waals surface area contributed by atoms with Crippen LogP contribution in [0.5, 0.6) is 5.75 Å². The highest BCUT2D eigenvalue weighted by Gasteiger charge is 2.33. The second-order valence-electron chi connectivity index (χ2n) is 8.51. The quantitative estimate of drug-likeness (QED) is 0.533. The third-order valence-electron chi connectivity index (χ3n) is 6.16. The van der Waals surface area contributed by atoms with Gasteiger partial charge in [-0.05, 0) is 61.4 Å². The number of nitrogens with one attached hydrogen (secondary N) is 1. The van der Waals surface area contributed by atoms with Gasteiger partial charge in [0.05, 0.1) is 34.9 Å². The van der Waals surface area contributed by atoms with E-state index < -0.39 is 25.8 Å². The Morgan fingerprint density at radius 3 is 2.29 bits per heavy atom. The van der Waals surface area contributed by atoms with Crippen molar-refractivity contribution in [2.24, 2.45) is 0 Å². The van der Waals surface area contributed by atoms with Gasteiger partial charge in [0.2, 0.25) is 10.0 Å². The van der Waals surface area contributed by atoms with Crippen LogP contribution in [0.1, 0.15) is 34.5 Å². The SMILES string of the molecule is COc1ccc(-n2nc3c(c2NC(=O)c2ccc(S(=O)(=O)N4CCCC4)cc2)CS(=O)(=O)C3)cc1. The molecular formula is C23H24N4O6S2. The number of rotatable bonds is 6. The van der Waals surface area contributed by atoms with E-state index in [1.165, 1.54) is 33.3 Å². The summed E-state index contributed by atoms with van der Waals surface area (Å²) in [5.74, 6) is -0.00843. The lowest BCUT2D eigenvalue weighted by molar-refractivity contribution is 0.102. The van der Waals surface area contributed by atoms with Crippen molar-refractivity contribution in [1.82, 2.24) is 14.1 Å². The number of ether oxygens (including phenoxy) is 1. The van der Waals surface area contributed by atoms with Crippen molar-refractivity contribution in [2.45, 2.75) is 29.2 Å². The van der Waals surface area contributed by atoms with E-state index in [1.54, 1.807) is 31.4 Å². The Kier molecular flexibility index (Phi) is 5.90. The average molecular weight is 517 g/mol. The van der Waals surface area contributed by atoms with Crippen molar-refractivity contribution in [3.05, 3.63) is 65.4 Å². The second kappa shape index (κ2) is 8.77. The van der Waals surface area contributed by atoms with E-state index in [1.807, 2.05) is 0 Å². The number of sulfonamides is 1. The summed E-state index contributed by atoms with van der Waals surface area (Å²) in [6.45, 7) is 0.988. The molecule has 1 amide bonds. The zero-order valence-electron chi connectivity index (χ0n) is 19.0. The molecule has 0 saturated carbocycles. The van der Waals surface area contributed by atoms with Gasteiger partial charge in [-0.3, -0.25) is 4.79 Å². The normalized spacial score (nSPS) is 17.3. The van der Waals surface area contributed by atoms with E-state index >= 15 is 0 Å². The predicted molar refractivity (Wildman–Crippen MR) is 129 cm³/mol. The molecule has 2 aromatic carbocycles. The van der Waals surface area contributed by atoms with Crippen molar-refractivity contribution in [3.63, 3.8) is 0 Å². The Bertz CT molecular complexity index is 1490. The molecule has 1 N–H and O–H groups in total. The van der Waals surface area contributed by atoms with Crippen molar-refractivity contribution >= 4 is 31.6 Å². The minimum atomic E-state index is -3.59. The minimum absolute atomic E-state index is 0.131. The molecule has 3 heterocycles. The molecule has 10 nitrogen and oxygen atoms in total. The average Bonchev–Trinajstić information content (AvgIpc) is 3.56. The highest BCUT2D eigenvalue weighted by atomic mass is 32.2. The summed E-state index contributed by atoms with van der Waals surface area (Å²) in [6, 6.07) is 12.7. The molecule has 1 saturated heterocycles. The van der Waals surface area contributed by atoms with Crippen molar-refractivity contribution < 1.29 is 26.4 Å². The first kappa shape index (κ1) is 23.5. The molecule has 0 atom stereocenters. The summed E-state index contributed by atoms with van der Waals surface area (Å²) < 4.78 is 58.0. The maximum absolute atomic E-state index is 13.1. The Morgan fingerprint density at radius 2 is 1.66 bits per heavy atom. The zero-order valence-corrected chi connectivity index (χ0v) is 20.6. The Hall–Kier alpha value is -3.22. The second-order valence-corrected chi connectivity index (χ2v) is 12.5. The largest absolute Gasteiger partial charge is 0.497 e. The van der Waals surface area contributed by atoms with Crippen LogP contribution in [0.25, 0.3) is 5.69 Å². The summed E-state index contributed by atoms with van der Waals surface area (Å²) in [4.78, 5) is 13.2. The van der Waals surface area contributed by atoms with E-state index in [0.717, 1.165) is 12.8 Å². The topological polar surface area (TPSA) is 128 Å². The number of aromatic nitrogens is 2. The summed E-state index contributed by atoms with van der Waals surface area (Å²) >= 11 is 0. The van der Waals surface area contributed by atoms with Gasteiger partial charge >= 0.3 is 0 Å². The molecule has 184 valence electrons. The lowest BCUT2D eigenvalue weighted by atomic mass is 10.2. The molecule has 0 spiro atoms. The van der Waals surface area contributed by atoms with E-state index in [4.69, 9.17) is 4.74 Å². The van der Waals surface area contributed by atoms with Gasteiger partial charge in [-0.1, -0.05) is 0 Å². The highest BCUT2D eigenvalue weighted by molar-refractivity contribution is 7.90.